The first-order chi connectivity index (χ1) is 7.46. The Hall–Kier alpha value is -0.850. The highest BCUT2D eigenvalue weighted by Crippen LogP contribution is 2.24. The molecule has 0 aliphatic carbocycles. The number of hydrogen-bond donors (Lipinski definition) is 0. The van der Waals surface area contributed by atoms with Crippen LogP contribution in [0.5, 0.6) is 0 Å². The van der Waals surface area contributed by atoms with E-state index < -0.39 is 6.85 Å². The first-order valence-corrected chi connectivity index (χ1v) is 4.97. The van der Waals surface area contributed by atoms with Gasteiger partial charge in [0, 0.05) is 20.7 Å². The number of pyridine rings is 1. The van der Waals surface area contributed by atoms with Crippen molar-refractivity contribution in [3.05, 3.63) is 28.6 Å². The summed E-state index contributed by atoms with van der Waals surface area (Å²) >= 11 is 0. The van der Waals surface area contributed by atoms with Crippen molar-refractivity contribution in [3.63, 3.8) is 0 Å². The molecule has 1 heteroatoms. The highest BCUT2D eigenvalue weighted by molar-refractivity contribution is 5.33. The number of aromatic nitrogens is 1. The second kappa shape index (κ2) is 3.38. The zero-order valence-corrected chi connectivity index (χ0v) is 10.0. The Morgan fingerprint density at radius 1 is 1.21 bits per heavy atom. The van der Waals surface area contributed by atoms with Crippen molar-refractivity contribution in [2.45, 2.75) is 46.9 Å². The summed E-state index contributed by atoms with van der Waals surface area (Å²) in [4.78, 5) is 0. The maximum Gasteiger partial charge on any atom is 0.189 e. The molecule has 0 spiro atoms. The van der Waals surface area contributed by atoms with E-state index in [-0.39, 0.29) is 5.41 Å². The van der Waals surface area contributed by atoms with Crippen LogP contribution in [0.15, 0.2) is 6.20 Å². The van der Waals surface area contributed by atoms with Crippen LogP contribution >= 0.6 is 0 Å². The molecule has 1 aromatic rings. The number of nitrogens with zero attached hydrogens (tertiary/aromatic N) is 1. The second-order valence-electron chi connectivity index (χ2n) is 5.00. The maximum absolute atomic E-state index is 7.55. The molecule has 0 aliphatic heterocycles. The van der Waals surface area contributed by atoms with E-state index in [4.69, 9.17) is 4.11 Å². The highest BCUT2D eigenvalue weighted by Gasteiger charge is 2.27. The van der Waals surface area contributed by atoms with Crippen LogP contribution in [0.4, 0.5) is 0 Å². The van der Waals surface area contributed by atoms with E-state index in [0.717, 1.165) is 11.1 Å². The zero-order valence-electron chi connectivity index (χ0n) is 13.0. The van der Waals surface area contributed by atoms with E-state index >= 15 is 0 Å². The van der Waals surface area contributed by atoms with Crippen molar-refractivity contribution >= 4 is 0 Å². The van der Waals surface area contributed by atoms with Crippen molar-refractivity contribution in [1.29, 1.82) is 0 Å². The quantitative estimate of drug-likeness (QED) is 0.560. The molecule has 78 valence electrons. The molecule has 1 aromatic heterocycles. The van der Waals surface area contributed by atoms with Gasteiger partial charge in [0.05, 0.1) is 0 Å². The summed E-state index contributed by atoms with van der Waals surface area (Å²) in [6, 6.07) is 0. The molecular weight excluding hydrogens is 170 g/mol. The minimum Gasteiger partial charge on any atom is -0.204 e. The monoisotopic (exact) mass is 195 g/mol. The fourth-order valence-corrected chi connectivity index (χ4v) is 2.09. The van der Waals surface area contributed by atoms with Gasteiger partial charge in [-0.05, 0) is 26.3 Å². The molecule has 0 unspecified atom stereocenters. The van der Waals surface area contributed by atoms with Crippen LogP contribution in [0.1, 0.15) is 47.3 Å². The molecule has 1 rings (SSSR count). The Bertz CT molecular complexity index is 439. The molecule has 0 saturated carbocycles. The fourth-order valence-electron chi connectivity index (χ4n) is 2.09. The third-order valence-corrected chi connectivity index (χ3v) is 2.71. The van der Waals surface area contributed by atoms with E-state index in [1.807, 2.05) is 25.5 Å². The standard InChI is InChI=1S/C13H22N/c1-9-8-14(7)12(13(4,5)6)11(3)10(9)2/h8H,1-7H3/q+1/i1D3. The molecule has 0 radical (unpaired) electrons. The van der Waals surface area contributed by atoms with Gasteiger partial charge >= 0.3 is 0 Å². The lowest BCUT2D eigenvalue weighted by Crippen LogP contribution is -2.41. The summed E-state index contributed by atoms with van der Waals surface area (Å²) in [6.45, 7) is 8.29. The molecule has 0 fully saturated rings. The van der Waals surface area contributed by atoms with Crippen LogP contribution < -0.4 is 4.57 Å². The van der Waals surface area contributed by atoms with Gasteiger partial charge < -0.3 is 0 Å². The Kier molecular flexibility index (Phi) is 1.80. The molecule has 0 aliphatic rings. The minimum atomic E-state index is -2.04. The number of hydrogen-bond acceptors (Lipinski definition) is 0. The van der Waals surface area contributed by atoms with E-state index in [0.29, 0.717) is 5.56 Å². The van der Waals surface area contributed by atoms with Crippen molar-refractivity contribution in [2.75, 3.05) is 0 Å². The van der Waals surface area contributed by atoms with Gasteiger partial charge in [-0.1, -0.05) is 20.8 Å². The molecule has 0 aromatic carbocycles. The third-order valence-electron chi connectivity index (χ3n) is 2.71. The predicted octanol–water partition coefficient (Wildman–Crippen LogP) is 2.73. The highest BCUT2D eigenvalue weighted by atomic mass is 14.9. The van der Waals surface area contributed by atoms with Crippen LogP contribution in [-0.4, -0.2) is 0 Å². The van der Waals surface area contributed by atoms with E-state index in [9.17, 15) is 0 Å². The summed E-state index contributed by atoms with van der Waals surface area (Å²) in [6.07, 6.45) is 1.75. The Morgan fingerprint density at radius 2 is 1.79 bits per heavy atom. The topological polar surface area (TPSA) is 3.88 Å². The molecule has 14 heavy (non-hydrogen) atoms. The SMILES string of the molecule is [2H]C([2H])([2H])c1c[n+](C)c(C(C)(C)C)c(C)c1C. The van der Waals surface area contributed by atoms with Gasteiger partial charge in [0.25, 0.3) is 0 Å². The van der Waals surface area contributed by atoms with Crippen LogP contribution in [0, 0.1) is 20.7 Å². The van der Waals surface area contributed by atoms with Crippen LogP contribution in [0.2, 0.25) is 0 Å². The molecule has 0 atom stereocenters. The summed E-state index contributed by atoms with van der Waals surface area (Å²) < 4.78 is 24.6. The fraction of sp³-hybridized carbons (Fsp3) is 0.615. The predicted molar refractivity (Wildman–Crippen MR) is 60.5 cm³/mol. The second-order valence-corrected chi connectivity index (χ2v) is 5.00. The van der Waals surface area contributed by atoms with Crippen molar-refractivity contribution in [1.82, 2.24) is 0 Å². The normalized spacial score (nSPS) is 16.0. The molecule has 0 amide bonds. The van der Waals surface area contributed by atoms with E-state index in [1.165, 1.54) is 5.69 Å². The van der Waals surface area contributed by atoms with Gasteiger partial charge in [-0.2, -0.15) is 0 Å². The van der Waals surface area contributed by atoms with Gasteiger partial charge in [-0.25, -0.2) is 4.57 Å². The lowest BCUT2D eigenvalue weighted by atomic mass is 9.86. The average molecular weight is 195 g/mol. The van der Waals surface area contributed by atoms with E-state index in [2.05, 4.69) is 20.8 Å². The smallest absolute Gasteiger partial charge is 0.189 e. The minimum absolute atomic E-state index is 0.0108. The maximum atomic E-state index is 7.55. The summed E-state index contributed by atoms with van der Waals surface area (Å²) in [5.41, 5.74) is 3.60. The first kappa shape index (κ1) is 7.44. The van der Waals surface area contributed by atoms with Crippen LogP contribution in [0.25, 0.3) is 0 Å². The molecule has 0 N–H and O–H groups in total. The Labute approximate surface area is 92.0 Å². The summed E-state index contributed by atoms with van der Waals surface area (Å²) in [5, 5.41) is 0. The van der Waals surface area contributed by atoms with Crippen molar-refractivity contribution in [3.8, 4) is 0 Å². The van der Waals surface area contributed by atoms with Gasteiger partial charge in [-0.3, -0.25) is 0 Å². The van der Waals surface area contributed by atoms with Gasteiger partial charge in [0.1, 0.15) is 7.05 Å². The first-order valence-electron chi connectivity index (χ1n) is 6.47. The van der Waals surface area contributed by atoms with Crippen LogP contribution in [-0.2, 0) is 12.5 Å². The van der Waals surface area contributed by atoms with Gasteiger partial charge in [0.15, 0.2) is 11.9 Å². The van der Waals surface area contributed by atoms with Crippen LogP contribution in [0.3, 0.4) is 0 Å². The van der Waals surface area contributed by atoms with Crippen molar-refractivity contribution in [2.24, 2.45) is 7.05 Å². The zero-order chi connectivity index (χ0) is 13.6. The van der Waals surface area contributed by atoms with Gasteiger partial charge in [0.2, 0.25) is 0 Å². The van der Waals surface area contributed by atoms with Gasteiger partial charge in [-0.15, -0.1) is 0 Å². The third kappa shape index (κ3) is 1.82. The Balaban J connectivity index is 3.60. The lowest BCUT2D eigenvalue weighted by Gasteiger charge is -2.19. The average Bonchev–Trinajstić information content (AvgIpc) is 2.07. The molecule has 0 saturated heterocycles. The molecular formula is C13H22N+. The Morgan fingerprint density at radius 3 is 2.21 bits per heavy atom. The van der Waals surface area contributed by atoms with Crippen molar-refractivity contribution < 1.29 is 8.68 Å². The lowest BCUT2D eigenvalue weighted by molar-refractivity contribution is -0.683. The van der Waals surface area contributed by atoms with E-state index in [1.54, 1.807) is 6.20 Å². The summed E-state index contributed by atoms with van der Waals surface area (Å²) in [7, 11) is 1.92. The molecule has 1 heterocycles. The largest absolute Gasteiger partial charge is 0.204 e. The number of aryl methyl sites for hydroxylation is 2. The summed E-state index contributed by atoms with van der Waals surface area (Å²) in [5.74, 6) is 0. The molecule has 0 bridgehead atoms. The molecule has 1 nitrogen and oxygen atoms in total. The number of rotatable bonds is 0.